The van der Waals surface area contributed by atoms with Crippen molar-refractivity contribution in [1.29, 1.82) is 0 Å². The van der Waals surface area contributed by atoms with Crippen LogP contribution in [0.4, 0.5) is 5.69 Å². The average molecular weight is 230 g/mol. The van der Waals surface area contributed by atoms with Crippen LogP contribution < -0.4 is 5.73 Å². The fraction of sp³-hybridized carbons (Fsp3) is 0.154. The minimum absolute atomic E-state index is 0.745. The van der Waals surface area contributed by atoms with Gasteiger partial charge in [-0.15, -0.1) is 0 Å². The number of rotatable bonds is 2. The number of anilines is 1. The first-order chi connectivity index (χ1) is 7.66. The Labute approximate surface area is 99.9 Å². The van der Waals surface area contributed by atoms with Crippen LogP contribution >= 0.6 is 11.8 Å². The molecule has 2 rings (SSSR count). The first-order valence-electron chi connectivity index (χ1n) is 5.12. The van der Waals surface area contributed by atoms with E-state index in [0.29, 0.717) is 0 Å². The minimum Gasteiger partial charge on any atom is -0.397 e. The minimum atomic E-state index is 0.745. The van der Waals surface area contributed by atoms with Gasteiger partial charge in [-0.25, -0.2) is 4.98 Å². The third-order valence-corrected chi connectivity index (χ3v) is 3.54. The van der Waals surface area contributed by atoms with Crippen molar-refractivity contribution in [2.75, 3.05) is 5.73 Å². The van der Waals surface area contributed by atoms with Crippen LogP contribution in [0.1, 0.15) is 11.1 Å². The molecular weight excluding hydrogens is 216 g/mol. The van der Waals surface area contributed by atoms with Gasteiger partial charge in [0.25, 0.3) is 0 Å². The summed E-state index contributed by atoms with van der Waals surface area (Å²) in [5, 5.41) is 0.987. The molecule has 0 spiro atoms. The summed E-state index contributed by atoms with van der Waals surface area (Å²) in [5.74, 6) is 0. The van der Waals surface area contributed by atoms with E-state index in [1.165, 1.54) is 10.5 Å². The molecule has 0 radical (unpaired) electrons. The number of nitrogen functional groups attached to an aromatic ring is 1. The van der Waals surface area contributed by atoms with Crippen LogP contribution in [0.5, 0.6) is 0 Å². The van der Waals surface area contributed by atoms with Crippen LogP contribution in [0.3, 0.4) is 0 Å². The molecule has 0 fully saturated rings. The van der Waals surface area contributed by atoms with Gasteiger partial charge in [0.2, 0.25) is 0 Å². The van der Waals surface area contributed by atoms with E-state index in [4.69, 9.17) is 5.73 Å². The Morgan fingerprint density at radius 3 is 2.56 bits per heavy atom. The SMILES string of the molecule is Cc1cc(Sc2ccccc2C)ncc1N. The second-order valence-electron chi connectivity index (χ2n) is 3.75. The Morgan fingerprint density at radius 1 is 1.12 bits per heavy atom. The van der Waals surface area contributed by atoms with E-state index < -0.39 is 0 Å². The maximum Gasteiger partial charge on any atom is 0.101 e. The van der Waals surface area contributed by atoms with Crippen molar-refractivity contribution < 1.29 is 0 Å². The van der Waals surface area contributed by atoms with Crippen molar-refractivity contribution in [3.05, 3.63) is 47.7 Å². The Hall–Kier alpha value is -1.48. The van der Waals surface area contributed by atoms with Gasteiger partial charge in [0.15, 0.2) is 0 Å². The number of aromatic nitrogens is 1. The molecule has 0 saturated heterocycles. The van der Waals surface area contributed by atoms with Crippen molar-refractivity contribution in [2.45, 2.75) is 23.8 Å². The summed E-state index contributed by atoms with van der Waals surface area (Å²) < 4.78 is 0. The monoisotopic (exact) mass is 230 g/mol. The largest absolute Gasteiger partial charge is 0.397 e. The summed E-state index contributed by atoms with van der Waals surface area (Å²) in [4.78, 5) is 5.55. The molecule has 82 valence electrons. The van der Waals surface area contributed by atoms with Crippen LogP contribution in [0.25, 0.3) is 0 Å². The molecule has 2 nitrogen and oxygen atoms in total. The standard InChI is InChI=1S/C13H14N2S/c1-9-5-3-4-6-12(9)16-13-7-10(2)11(14)8-15-13/h3-8H,14H2,1-2H3. The molecule has 0 bridgehead atoms. The molecule has 2 N–H and O–H groups in total. The van der Waals surface area contributed by atoms with Gasteiger partial charge in [-0.2, -0.15) is 0 Å². The number of aryl methyl sites for hydroxylation is 2. The molecule has 2 aromatic rings. The number of pyridine rings is 1. The van der Waals surface area contributed by atoms with E-state index in [0.717, 1.165) is 16.3 Å². The zero-order chi connectivity index (χ0) is 11.5. The summed E-state index contributed by atoms with van der Waals surface area (Å²) in [5.41, 5.74) is 8.83. The number of nitrogens with two attached hydrogens (primary N) is 1. The Morgan fingerprint density at radius 2 is 1.88 bits per heavy atom. The van der Waals surface area contributed by atoms with Gasteiger partial charge in [-0.1, -0.05) is 30.0 Å². The molecule has 0 unspecified atom stereocenters. The molecular formula is C13H14N2S. The number of benzene rings is 1. The molecule has 0 saturated carbocycles. The highest BCUT2D eigenvalue weighted by atomic mass is 32.2. The lowest BCUT2D eigenvalue weighted by molar-refractivity contribution is 1.11. The lowest BCUT2D eigenvalue weighted by Gasteiger charge is -2.06. The summed E-state index contributed by atoms with van der Waals surface area (Å²) in [6.45, 7) is 4.10. The highest BCUT2D eigenvalue weighted by molar-refractivity contribution is 7.99. The normalized spacial score (nSPS) is 10.4. The van der Waals surface area contributed by atoms with Crippen LogP contribution in [0, 0.1) is 13.8 Å². The van der Waals surface area contributed by atoms with E-state index in [1.54, 1.807) is 18.0 Å². The first kappa shape index (κ1) is 11.0. The van der Waals surface area contributed by atoms with Crippen molar-refractivity contribution in [1.82, 2.24) is 4.98 Å². The van der Waals surface area contributed by atoms with E-state index >= 15 is 0 Å². The summed E-state index contributed by atoms with van der Waals surface area (Å²) in [6.07, 6.45) is 1.72. The van der Waals surface area contributed by atoms with Crippen LogP contribution in [0.2, 0.25) is 0 Å². The van der Waals surface area contributed by atoms with Crippen LogP contribution in [-0.2, 0) is 0 Å². The second kappa shape index (κ2) is 4.58. The molecule has 0 aliphatic rings. The maximum atomic E-state index is 5.74. The maximum absolute atomic E-state index is 5.74. The quantitative estimate of drug-likeness (QED) is 0.859. The van der Waals surface area contributed by atoms with Crippen LogP contribution in [0.15, 0.2) is 46.5 Å². The summed E-state index contributed by atoms with van der Waals surface area (Å²) in [6, 6.07) is 10.3. The molecule has 0 atom stereocenters. The van der Waals surface area contributed by atoms with Gasteiger partial charge in [-0.3, -0.25) is 0 Å². The predicted molar refractivity (Wildman–Crippen MR) is 68.7 cm³/mol. The van der Waals surface area contributed by atoms with Crippen molar-refractivity contribution in [2.24, 2.45) is 0 Å². The fourth-order valence-corrected chi connectivity index (χ4v) is 2.32. The number of hydrogen-bond donors (Lipinski definition) is 1. The summed E-state index contributed by atoms with van der Waals surface area (Å²) in [7, 11) is 0. The van der Waals surface area contributed by atoms with E-state index in [9.17, 15) is 0 Å². The van der Waals surface area contributed by atoms with Crippen molar-refractivity contribution in [3.63, 3.8) is 0 Å². The predicted octanol–water partition coefficient (Wildman–Crippen LogP) is 3.43. The van der Waals surface area contributed by atoms with Gasteiger partial charge >= 0.3 is 0 Å². The van der Waals surface area contributed by atoms with E-state index in [2.05, 4.69) is 24.0 Å². The van der Waals surface area contributed by atoms with Gasteiger partial charge in [0.05, 0.1) is 11.9 Å². The van der Waals surface area contributed by atoms with Crippen molar-refractivity contribution in [3.8, 4) is 0 Å². The lowest BCUT2D eigenvalue weighted by atomic mass is 10.2. The Bertz CT molecular complexity index is 509. The van der Waals surface area contributed by atoms with E-state index in [-0.39, 0.29) is 0 Å². The highest BCUT2D eigenvalue weighted by Crippen LogP contribution is 2.29. The fourth-order valence-electron chi connectivity index (χ4n) is 1.38. The second-order valence-corrected chi connectivity index (χ2v) is 4.81. The Kier molecular flexibility index (Phi) is 3.15. The summed E-state index contributed by atoms with van der Waals surface area (Å²) >= 11 is 1.67. The van der Waals surface area contributed by atoms with E-state index in [1.807, 2.05) is 25.1 Å². The molecule has 3 heteroatoms. The molecule has 1 aromatic carbocycles. The van der Waals surface area contributed by atoms with Crippen molar-refractivity contribution >= 4 is 17.4 Å². The van der Waals surface area contributed by atoms with Gasteiger partial charge in [-0.05, 0) is 37.1 Å². The number of nitrogens with zero attached hydrogens (tertiary/aromatic N) is 1. The molecule has 0 aliphatic heterocycles. The lowest BCUT2D eigenvalue weighted by Crippen LogP contribution is -1.92. The topological polar surface area (TPSA) is 38.9 Å². The highest BCUT2D eigenvalue weighted by Gasteiger charge is 2.03. The molecule has 16 heavy (non-hydrogen) atoms. The third kappa shape index (κ3) is 2.36. The zero-order valence-corrected chi connectivity index (χ0v) is 10.2. The smallest absolute Gasteiger partial charge is 0.101 e. The van der Waals surface area contributed by atoms with Gasteiger partial charge < -0.3 is 5.73 Å². The first-order valence-corrected chi connectivity index (χ1v) is 5.94. The average Bonchev–Trinajstić information content (AvgIpc) is 2.27. The molecule has 1 aromatic heterocycles. The van der Waals surface area contributed by atoms with Crippen LogP contribution in [-0.4, -0.2) is 4.98 Å². The molecule has 0 amide bonds. The Balaban J connectivity index is 2.28. The molecule has 1 heterocycles. The molecule has 0 aliphatic carbocycles. The third-order valence-electron chi connectivity index (χ3n) is 2.43. The van der Waals surface area contributed by atoms with Gasteiger partial charge in [0, 0.05) is 4.90 Å². The zero-order valence-electron chi connectivity index (χ0n) is 9.40. The van der Waals surface area contributed by atoms with Gasteiger partial charge in [0.1, 0.15) is 5.03 Å². The number of hydrogen-bond acceptors (Lipinski definition) is 3.